The van der Waals surface area contributed by atoms with E-state index in [9.17, 15) is 0 Å². The molecule has 3 aromatic rings. The van der Waals surface area contributed by atoms with E-state index in [1.165, 1.54) is 25.1 Å². The smallest absolute Gasteiger partial charge is 0.0802 e. The number of thiophene rings is 2. The Labute approximate surface area is 115 Å². The largest absolute Gasteiger partial charge is 0.255 e. The van der Waals surface area contributed by atoms with E-state index in [4.69, 9.17) is 0 Å². The molecule has 90 valence electrons. The molecule has 3 heterocycles. The van der Waals surface area contributed by atoms with Crippen LogP contribution in [0.4, 0.5) is 0 Å². The van der Waals surface area contributed by atoms with Crippen molar-refractivity contribution in [1.29, 1.82) is 0 Å². The Bertz CT molecular complexity index is 603. The van der Waals surface area contributed by atoms with E-state index >= 15 is 0 Å². The van der Waals surface area contributed by atoms with E-state index in [1.54, 1.807) is 11.3 Å². The molecule has 0 spiro atoms. The topological polar surface area (TPSA) is 12.9 Å². The molecule has 0 aliphatic heterocycles. The maximum absolute atomic E-state index is 4.56. The Morgan fingerprint density at radius 2 is 1.44 bits per heavy atom. The van der Waals surface area contributed by atoms with Crippen molar-refractivity contribution in [2.24, 2.45) is 0 Å². The molecule has 0 N–H and O–H groups in total. The van der Waals surface area contributed by atoms with Gasteiger partial charge in [-0.05, 0) is 50.2 Å². The lowest BCUT2D eigenvalue weighted by atomic mass is 10.2. The van der Waals surface area contributed by atoms with Gasteiger partial charge in [0.2, 0.25) is 0 Å². The van der Waals surface area contributed by atoms with E-state index in [2.05, 4.69) is 55.2 Å². The third-order valence-corrected chi connectivity index (χ3v) is 4.85. The van der Waals surface area contributed by atoms with Crippen molar-refractivity contribution in [3.8, 4) is 21.0 Å². The highest BCUT2D eigenvalue weighted by Crippen LogP contribution is 2.30. The number of nitrogens with zero attached hydrogens (tertiary/aromatic N) is 1. The number of hydrogen-bond acceptors (Lipinski definition) is 3. The Morgan fingerprint density at radius 1 is 0.778 bits per heavy atom. The molecule has 0 saturated heterocycles. The second-order valence-corrected chi connectivity index (χ2v) is 6.83. The van der Waals surface area contributed by atoms with Crippen molar-refractivity contribution in [3.63, 3.8) is 0 Å². The molecular weight excluding hydrogens is 258 g/mol. The van der Waals surface area contributed by atoms with Gasteiger partial charge in [0.25, 0.3) is 0 Å². The van der Waals surface area contributed by atoms with Crippen LogP contribution in [0.25, 0.3) is 21.0 Å². The van der Waals surface area contributed by atoms with Gasteiger partial charge >= 0.3 is 0 Å². The highest BCUT2D eigenvalue weighted by Gasteiger charge is 2.04. The van der Waals surface area contributed by atoms with Crippen LogP contribution in [-0.4, -0.2) is 4.98 Å². The molecule has 0 aliphatic carbocycles. The maximum Gasteiger partial charge on any atom is 0.0802 e. The standard InChI is InChI=1S/C15H13NS2/c1-10-3-7-14(17-10)12-5-6-13(16-9-12)15-8-4-11(2)18-15/h3-9H,1-2H3. The minimum atomic E-state index is 1.06. The second kappa shape index (κ2) is 4.67. The average molecular weight is 271 g/mol. The third-order valence-electron chi connectivity index (χ3n) is 2.78. The van der Waals surface area contributed by atoms with Crippen LogP contribution >= 0.6 is 22.7 Å². The molecule has 3 heteroatoms. The summed E-state index contributed by atoms with van der Waals surface area (Å²) in [7, 11) is 0. The fraction of sp³-hybridized carbons (Fsp3) is 0.133. The maximum atomic E-state index is 4.56. The van der Waals surface area contributed by atoms with E-state index in [0.29, 0.717) is 0 Å². The monoisotopic (exact) mass is 271 g/mol. The van der Waals surface area contributed by atoms with Gasteiger partial charge < -0.3 is 0 Å². The lowest BCUT2D eigenvalue weighted by Crippen LogP contribution is -1.80. The van der Waals surface area contributed by atoms with Gasteiger partial charge in [-0.1, -0.05) is 0 Å². The Morgan fingerprint density at radius 3 is 1.94 bits per heavy atom. The summed E-state index contributed by atoms with van der Waals surface area (Å²) in [4.78, 5) is 9.75. The Balaban J connectivity index is 1.94. The molecule has 0 aliphatic rings. The fourth-order valence-electron chi connectivity index (χ4n) is 1.85. The first kappa shape index (κ1) is 11.6. The molecule has 0 fully saturated rings. The van der Waals surface area contributed by atoms with Crippen LogP contribution in [0.3, 0.4) is 0 Å². The molecule has 18 heavy (non-hydrogen) atoms. The van der Waals surface area contributed by atoms with E-state index in [1.807, 2.05) is 17.5 Å². The van der Waals surface area contributed by atoms with Crippen LogP contribution in [0.2, 0.25) is 0 Å². The third kappa shape index (κ3) is 2.24. The summed E-state index contributed by atoms with van der Waals surface area (Å²) in [5.41, 5.74) is 2.26. The highest BCUT2D eigenvalue weighted by atomic mass is 32.1. The first-order valence-electron chi connectivity index (χ1n) is 5.82. The van der Waals surface area contributed by atoms with Gasteiger partial charge in [-0.15, -0.1) is 22.7 Å². The lowest BCUT2D eigenvalue weighted by molar-refractivity contribution is 1.34. The summed E-state index contributed by atoms with van der Waals surface area (Å²) in [5, 5.41) is 0. The van der Waals surface area contributed by atoms with Crippen molar-refractivity contribution in [2.75, 3.05) is 0 Å². The predicted octanol–water partition coefficient (Wildman–Crippen LogP) is 5.16. The lowest BCUT2D eigenvalue weighted by Gasteiger charge is -1.99. The van der Waals surface area contributed by atoms with Crippen molar-refractivity contribution in [3.05, 3.63) is 52.3 Å². The molecule has 3 rings (SSSR count). The summed E-state index contributed by atoms with van der Waals surface area (Å²) < 4.78 is 0. The second-order valence-electron chi connectivity index (χ2n) is 4.25. The van der Waals surface area contributed by atoms with Gasteiger partial charge in [0, 0.05) is 26.4 Å². The molecule has 1 nitrogen and oxygen atoms in total. The molecule has 0 bridgehead atoms. The fourth-order valence-corrected chi connectivity index (χ4v) is 3.55. The molecule has 0 radical (unpaired) electrons. The van der Waals surface area contributed by atoms with Crippen LogP contribution in [0.5, 0.6) is 0 Å². The molecule has 3 aromatic heterocycles. The van der Waals surface area contributed by atoms with Gasteiger partial charge in [-0.25, -0.2) is 0 Å². The molecular formula is C15H13NS2. The van der Waals surface area contributed by atoms with Crippen LogP contribution in [0, 0.1) is 13.8 Å². The van der Waals surface area contributed by atoms with E-state index in [0.717, 1.165) is 5.69 Å². The predicted molar refractivity (Wildman–Crippen MR) is 80.3 cm³/mol. The van der Waals surface area contributed by atoms with Crippen molar-refractivity contribution in [2.45, 2.75) is 13.8 Å². The first-order valence-corrected chi connectivity index (χ1v) is 7.45. The minimum Gasteiger partial charge on any atom is -0.255 e. The summed E-state index contributed by atoms with van der Waals surface area (Å²) in [6.45, 7) is 4.25. The number of aromatic nitrogens is 1. The summed E-state index contributed by atoms with van der Waals surface area (Å²) in [6.07, 6.45) is 1.97. The van der Waals surface area contributed by atoms with Gasteiger partial charge in [0.05, 0.1) is 10.6 Å². The summed E-state index contributed by atoms with van der Waals surface area (Å²) in [5.74, 6) is 0. The van der Waals surface area contributed by atoms with Gasteiger partial charge in [0.1, 0.15) is 0 Å². The zero-order chi connectivity index (χ0) is 12.5. The van der Waals surface area contributed by atoms with Crippen molar-refractivity contribution in [1.82, 2.24) is 4.98 Å². The molecule has 0 unspecified atom stereocenters. The first-order chi connectivity index (χ1) is 8.72. The Kier molecular flexibility index (Phi) is 3.02. The zero-order valence-corrected chi connectivity index (χ0v) is 11.9. The van der Waals surface area contributed by atoms with Crippen LogP contribution in [-0.2, 0) is 0 Å². The van der Waals surface area contributed by atoms with Crippen LogP contribution < -0.4 is 0 Å². The summed E-state index contributed by atoms with van der Waals surface area (Å²) in [6, 6.07) is 12.8. The zero-order valence-electron chi connectivity index (χ0n) is 10.3. The SMILES string of the molecule is Cc1ccc(-c2ccc(-c3ccc(C)s3)nc2)s1. The molecule has 0 aromatic carbocycles. The van der Waals surface area contributed by atoms with E-state index < -0.39 is 0 Å². The molecule has 0 amide bonds. The van der Waals surface area contributed by atoms with Gasteiger partial charge in [-0.3, -0.25) is 4.98 Å². The van der Waals surface area contributed by atoms with Gasteiger partial charge in [-0.2, -0.15) is 0 Å². The number of pyridine rings is 1. The Hall–Kier alpha value is -1.45. The van der Waals surface area contributed by atoms with Crippen molar-refractivity contribution >= 4 is 22.7 Å². The van der Waals surface area contributed by atoms with Crippen LogP contribution in [0.1, 0.15) is 9.75 Å². The number of hydrogen-bond donors (Lipinski definition) is 0. The minimum absolute atomic E-state index is 1.06. The quantitative estimate of drug-likeness (QED) is 0.627. The number of rotatable bonds is 2. The average Bonchev–Trinajstić information content (AvgIpc) is 2.98. The van der Waals surface area contributed by atoms with Crippen LogP contribution in [0.15, 0.2) is 42.6 Å². The highest BCUT2D eigenvalue weighted by molar-refractivity contribution is 7.15. The normalized spacial score (nSPS) is 10.8. The van der Waals surface area contributed by atoms with E-state index in [-0.39, 0.29) is 0 Å². The molecule has 0 atom stereocenters. The molecule has 0 saturated carbocycles. The summed E-state index contributed by atoms with van der Waals surface area (Å²) >= 11 is 3.60. The van der Waals surface area contributed by atoms with Gasteiger partial charge in [0.15, 0.2) is 0 Å². The van der Waals surface area contributed by atoms with Crippen molar-refractivity contribution < 1.29 is 0 Å². The number of aryl methyl sites for hydroxylation is 2.